The Morgan fingerprint density at radius 3 is 2.50 bits per heavy atom. The molecule has 0 aliphatic rings. The van der Waals surface area contributed by atoms with Crippen LogP contribution in [-0.2, 0) is 14.3 Å². The van der Waals surface area contributed by atoms with Crippen LogP contribution in [0.4, 0.5) is 5.82 Å². The molecule has 1 heterocycles. The molecule has 0 fully saturated rings. The van der Waals surface area contributed by atoms with Gasteiger partial charge in [0, 0.05) is 11.4 Å². The fourth-order valence-corrected chi connectivity index (χ4v) is 2.57. The molecule has 136 valence electrons. The average Bonchev–Trinajstić information content (AvgIpc) is 2.89. The van der Waals surface area contributed by atoms with Gasteiger partial charge in [-0.05, 0) is 38.0 Å². The SMILES string of the molecule is CCC(C)C(=O)OCC(=O)Nc1c(C#N)c(C)c(C)n1-c1ccccc1. The van der Waals surface area contributed by atoms with Gasteiger partial charge < -0.3 is 10.1 Å². The first-order valence-corrected chi connectivity index (χ1v) is 8.54. The van der Waals surface area contributed by atoms with Gasteiger partial charge in [0.15, 0.2) is 6.61 Å². The standard InChI is InChI=1S/C20H23N3O3/c1-5-13(2)20(25)26-12-18(24)22-19-17(11-21)14(3)15(4)23(19)16-9-7-6-8-10-16/h6-10,13H,5,12H2,1-4H3,(H,22,24). The first-order valence-electron chi connectivity index (χ1n) is 8.54. The number of para-hydroxylation sites is 1. The van der Waals surface area contributed by atoms with Crippen molar-refractivity contribution in [3.05, 3.63) is 47.2 Å². The zero-order valence-corrected chi connectivity index (χ0v) is 15.5. The molecule has 1 aromatic carbocycles. The minimum Gasteiger partial charge on any atom is -0.455 e. The number of esters is 1. The van der Waals surface area contributed by atoms with Gasteiger partial charge >= 0.3 is 5.97 Å². The van der Waals surface area contributed by atoms with E-state index in [0.717, 1.165) is 16.9 Å². The van der Waals surface area contributed by atoms with Crippen LogP contribution in [0, 0.1) is 31.1 Å². The molecule has 1 amide bonds. The lowest BCUT2D eigenvalue weighted by molar-refractivity contribution is -0.151. The highest BCUT2D eigenvalue weighted by molar-refractivity contribution is 5.94. The fraction of sp³-hybridized carbons (Fsp3) is 0.350. The number of carbonyl (C=O) groups excluding carboxylic acids is 2. The number of rotatable bonds is 6. The van der Waals surface area contributed by atoms with Crippen molar-refractivity contribution in [1.82, 2.24) is 4.57 Å². The van der Waals surface area contributed by atoms with Crippen LogP contribution >= 0.6 is 0 Å². The van der Waals surface area contributed by atoms with Gasteiger partial charge in [-0.3, -0.25) is 14.2 Å². The maximum Gasteiger partial charge on any atom is 0.309 e. The Kier molecular flexibility index (Phi) is 6.18. The number of anilines is 1. The molecular formula is C20H23N3O3. The van der Waals surface area contributed by atoms with E-state index in [1.54, 1.807) is 6.92 Å². The minimum atomic E-state index is -0.479. The van der Waals surface area contributed by atoms with Gasteiger partial charge in [0.2, 0.25) is 0 Å². The lowest BCUT2D eigenvalue weighted by Gasteiger charge is -2.14. The van der Waals surface area contributed by atoms with E-state index < -0.39 is 11.9 Å². The molecule has 1 atom stereocenters. The Balaban J connectivity index is 2.29. The third kappa shape index (κ3) is 3.94. The topological polar surface area (TPSA) is 84.1 Å². The number of hydrogen-bond donors (Lipinski definition) is 1. The molecule has 1 unspecified atom stereocenters. The zero-order chi connectivity index (χ0) is 19.3. The van der Waals surface area contributed by atoms with Crippen molar-refractivity contribution in [2.75, 3.05) is 11.9 Å². The van der Waals surface area contributed by atoms with Gasteiger partial charge in [-0.2, -0.15) is 5.26 Å². The predicted octanol–water partition coefficient (Wildman–Crippen LogP) is 3.49. The summed E-state index contributed by atoms with van der Waals surface area (Å²) in [7, 11) is 0. The number of amides is 1. The summed E-state index contributed by atoms with van der Waals surface area (Å²) in [5, 5.41) is 12.2. The maximum absolute atomic E-state index is 12.3. The van der Waals surface area contributed by atoms with E-state index in [9.17, 15) is 14.9 Å². The lowest BCUT2D eigenvalue weighted by atomic mass is 10.1. The monoisotopic (exact) mass is 353 g/mol. The molecule has 0 radical (unpaired) electrons. The molecule has 0 saturated heterocycles. The highest BCUT2D eigenvalue weighted by Gasteiger charge is 2.21. The number of nitriles is 1. The smallest absolute Gasteiger partial charge is 0.309 e. The van der Waals surface area contributed by atoms with Crippen molar-refractivity contribution < 1.29 is 14.3 Å². The summed E-state index contributed by atoms with van der Waals surface area (Å²) in [5.74, 6) is -0.754. The van der Waals surface area contributed by atoms with Crippen molar-refractivity contribution in [3.63, 3.8) is 0 Å². The van der Waals surface area contributed by atoms with Gasteiger partial charge in [0.1, 0.15) is 11.9 Å². The van der Waals surface area contributed by atoms with Crippen molar-refractivity contribution in [1.29, 1.82) is 5.26 Å². The first kappa shape index (κ1) is 19.3. The van der Waals surface area contributed by atoms with Gasteiger partial charge in [-0.25, -0.2) is 0 Å². The maximum atomic E-state index is 12.3. The normalized spacial score (nSPS) is 11.5. The molecule has 0 spiro atoms. The van der Waals surface area contributed by atoms with Crippen LogP contribution in [0.15, 0.2) is 30.3 Å². The molecule has 0 aliphatic heterocycles. The number of nitrogens with one attached hydrogen (secondary N) is 1. The van der Waals surface area contributed by atoms with Gasteiger partial charge in [0.05, 0.1) is 11.5 Å². The first-order chi connectivity index (χ1) is 12.4. The largest absolute Gasteiger partial charge is 0.455 e. The Bertz CT molecular complexity index is 847. The predicted molar refractivity (Wildman–Crippen MR) is 99.0 cm³/mol. The third-order valence-corrected chi connectivity index (χ3v) is 4.46. The molecule has 1 N–H and O–H groups in total. The Labute approximate surface area is 153 Å². The van der Waals surface area contributed by atoms with Crippen LogP contribution in [0.5, 0.6) is 0 Å². The van der Waals surface area contributed by atoms with Crippen molar-refractivity contribution in [2.24, 2.45) is 5.92 Å². The summed E-state index contributed by atoms with van der Waals surface area (Å²) in [4.78, 5) is 24.0. The molecule has 2 aromatic rings. The number of hydrogen-bond acceptors (Lipinski definition) is 4. The molecule has 6 nitrogen and oxygen atoms in total. The van der Waals surface area contributed by atoms with E-state index in [2.05, 4.69) is 11.4 Å². The quantitative estimate of drug-likeness (QED) is 0.806. The summed E-state index contributed by atoms with van der Waals surface area (Å²) in [6, 6.07) is 11.6. The Morgan fingerprint density at radius 1 is 1.27 bits per heavy atom. The van der Waals surface area contributed by atoms with E-state index >= 15 is 0 Å². The van der Waals surface area contributed by atoms with E-state index in [0.29, 0.717) is 17.8 Å². The zero-order valence-electron chi connectivity index (χ0n) is 15.5. The van der Waals surface area contributed by atoms with Gasteiger partial charge in [0.25, 0.3) is 5.91 Å². The van der Waals surface area contributed by atoms with E-state index in [-0.39, 0.29) is 12.5 Å². The van der Waals surface area contributed by atoms with Crippen molar-refractivity contribution >= 4 is 17.7 Å². The van der Waals surface area contributed by atoms with E-state index in [1.807, 2.05) is 55.7 Å². The van der Waals surface area contributed by atoms with Crippen LogP contribution in [0.2, 0.25) is 0 Å². The highest BCUT2D eigenvalue weighted by atomic mass is 16.5. The molecule has 0 saturated carbocycles. The van der Waals surface area contributed by atoms with Crippen LogP contribution < -0.4 is 5.32 Å². The number of nitrogens with zero attached hydrogens (tertiary/aromatic N) is 2. The summed E-state index contributed by atoms with van der Waals surface area (Å²) in [6.07, 6.45) is 0.647. The fourth-order valence-electron chi connectivity index (χ4n) is 2.57. The van der Waals surface area contributed by atoms with Crippen LogP contribution in [0.1, 0.15) is 37.1 Å². The second-order valence-electron chi connectivity index (χ2n) is 6.18. The molecular weight excluding hydrogens is 330 g/mol. The molecule has 6 heteroatoms. The average molecular weight is 353 g/mol. The lowest BCUT2D eigenvalue weighted by Crippen LogP contribution is -2.24. The second kappa shape index (κ2) is 8.34. The number of benzene rings is 1. The summed E-state index contributed by atoms with van der Waals surface area (Å²) in [6.45, 7) is 6.98. The summed E-state index contributed by atoms with van der Waals surface area (Å²) >= 11 is 0. The second-order valence-corrected chi connectivity index (χ2v) is 6.18. The van der Waals surface area contributed by atoms with Crippen LogP contribution in [0.25, 0.3) is 5.69 Å². The molecule has 0 bridgehead atoms. The molecule has 26 heavy (non-hydrogen) atoms. The van der Waals surface area contributed by atoms with Gasteiger partial charge in [-0.1, -0.05) is 32.0 Å². The molecule has 1 aromatic heterocycles. The minimum absolute atomic E-state index is 0.255. The van der Waals surface area contributed by atoms with Crippen molar-refractivity contribution in [3.8, 4) is 11.8 Å². The summed E-state index contributed by atoms with van der Waals surface area (Å²) in [5.41, 5.74) is 2.89. The summed E-state index contributed by atoms with van der Waals surface area (Å²) < 4.78 is 6.86. The molecule has 2 rings (SSSR count). The Morgan fingerprint density at radius 2 is 1.92 bits per heavy atom. The highest BCUT2D eigenvalue weighted by Crippen LogP contribution is 2.29. The molecule has 0 aliphatic carbocycles. The van der Waals surface area contributed by atoms with E-state index in [4.69, 9.17) is 4.74 Å². The number of ether oxygens (including phenoxy) is 1. The Hall–Kier alpha value is -3.07. The number of aromatic nitrogens is 1. The van der Waals surface area contributed by atoms with Crippen molar-refractivity contribution in [2.45, 2.75) is 34.1 Å². The third-order valence-electron chi connectivity index (χ3n) is 4.46. The van der Waals surface area contributed by atoms with Crippen LogP contribution in [-0.4, -0.2) is 23.1 Å². The van der Waals surface area contributed by atoms with E-state index in [1.165, 1.54) is 0 Å². The number of carbonyl (C=O) groups is 2. The van der Waals surface area contributed by atoms with Crippen LogP contribution in [0.3, 0.4) is 0 Å². The van der Waals surface area contributed by atoms with Gasteiger partial charge in [-0.15, -0.1) is 0 Å².